The van der Waals surface area contributed by atoms with Gasteiger partial charge in [-0.15, -0.1) is 0 Å². The molecule has 2 aromatic rings. The number of nitrogens with zero attached hydrogens (tertiary/aromatic N) is 2. The van der Waals surface area contributed by atoms with Crippen molar-refractivity contribution in [3.63, 3.8) is 0 Å². The van der Waals surface area contributed by atoms with Gasteiger partial charge in [-0.3, -0.25) is 4.68 Å². The number of halogens is 2. The number of alkyl halides is 2. The van der Waals surface area contributed by atoms with Gasteiger partial charge in [0.1, 0.15) is 6.10 Å². The molecule has 0 spiro atoms. The number of carbonyl (C=O) groups is 1. The van der Waals surface area contributed by atoms with E-state index in [4.69, 9.17) is 4.74 Å². The maximum atomic E-state index is 13.8. The van der Waals surface area contributed by atoms with Crippen LogP contribution in [0.2, 0.25) is 0 Å². The van der Waals surface area contributed by atoms with Gasteiger partial charge in [0.15, 0.2) is 0 Å². The number of rotatable bonds is 3. The molecule has 116 valence electrons. The molecular weight excluding hydrogens is 290 g/mol. The molecule has 1 aliphatic carbocycles. The van der Waals surface area contributed by atoms with Gasteiger partial charge in [0.2, 0.25) is 0 Å². The molecule has 0 amide bonds. The van der Waals surface area contributed by atoms with Crippen LogP contribution >= 0.6 is 0 Å². The highest BCUT2D eigenvalue weighted by molar-refractivity contribution is 5.89. The lowest BCUT2D eigenvalue weighted by atomic mass is 10.0. The molecule has 1 heterocycles. The SMILES string of the molecule is Cn1nccc1C1CC(F)(F)CC1OC(=O)c1ccccc1. The van der Waals surface area contributed by atoms with Crippen molar-refractivity contribution in [2.24, 2.45) is 7.05 Å². The Hall–Kier alpha value is -2.24. The third kappa shape index (κ3) is 2.86. The highest BCUT2D eigenvalue weighted by Gasteiger charge is 2.49. The summed E-state index contributed by atoms with van der Waals surface area (Å²) in [6.07, 6.45) is -0.0825. The molecule has 0 N–H and O–H groups in total. The number of benzene rings is 1. The minimum atomic E-state index is -2.84. The van der Waals surface area contributed by atoms with Crippen molar-refractivity contribution >= 4 is 5.97 Å². The number of carbonyl (C=O) groups excluding carboxylic acids is 1. The van der Waals surface area contributed by atoms with Crippen molar-refractivity contribution in [3.05, 3.63) is 53.9 Å². The lowest BCUT2D eigenvalue weighted by molar-refractivity contribution is -0.0120. The van der Waals surface area contributed by atoms with E-state index in [0.29, 0.717) is 11.3 Å². The van der Waals surface area contributed by atoms with Crippen molar-refractivity contribution in [1.82, 2.24) is 9.78 Å². The number of hydrogen-bond donors (Lipinski definition) is 0. The molecule has 0 radical (unpaired) electrons. The average Bonchev–Trinajstić information content (AvgIpc) is 3.02. The van der Waals surface area contributed by atoms with Crippen LogP contribution in [0.3, 0.4) is 0 Å². The Balaban J connectivity index is 1.81. The van der Waals surface area contributed by atoms with E-state index in [-0.39, 0.29) is 6.42 Å². The molecule has 1 fully saturated rings. The molecular formula is C16H16F2N2O2. The fraction of sp³-hybridized carbons (Fsp3) is 0.375. The van der Waals surface area contributed by atoms with E-state index in [1.165, 1.54) is 0 Å². The smallest absolute Gasteiger partial charge is 0.338 e. The zero-order valence-electron chi connectivity index (χ0n) is 12.1. The van der Waals surface area contributed by atoms with Crippen molar-refractivity contribution in [2.45, 2.75) is 30.8 Å². The van der Waals surface area contributed by atoms with Crippen LogP contribution in [0.25, 0.3) is 0 Å². The Morgan fingerprint density at radius 2 is 2.00 bits per heavy atom. The maximum Gasteiger partial charge on any atom is 0.338 e. The number of esters is 1. The first kappa shape index (κ1) is 14.7. The van der Waals surface area contributed by atoms with Crippen LogP contribution < -0.4 is 0 Å². The Morgan fingerprint density at radius 3 is 2.64 bits per heavy atom. The second kappa shape index (κ2) is 5.51. The largest absolute Gasteiger partial charge is 0.458 e. The predicted molar refractivity (Wildman–Crippen MR) is 75.8 cm³/mol. The lowest BCUT2D eigenvalue weighted by Gasteiger charge is -2.19. The Morgan fingerprint density at radius 1 is 1.27 bits per heavy atom. The molecule has 1 aromatic heterocycles. The standard InChI is InChI=1S/C16H16F2N2O2/c1-20-13(7-8-19-20)12-9-16(17,18)10-14(12)22-15(21)11-5-3-2-4-6-11/h2-8,12,14H,9-10H2,1H3. The van der Waals surface area contributed by atoms with Gasteiger partial charge in [0, 0.05) is 37.7 Å². The van der Waals surface area contributed by atoms with Crippen LogP contribution in [-0.4, -0.2) is 27.8 Å². The molecule has 0 bridgehead atoms. The minimum absolute atomic E-state index is 0.334. The molecule has 4 nitrogen and oxygen atoms in total. The first-order valence-corrected chi connectivity index (χ1v) is 7.08. The van der Waals surface area contributed by atoms with E-state index >= 15 is 0 Å². The quantitative estimate of drug-likeness (QED) is 0.818. The van der Waals surface area contributed by atoms with E-state index in [1.54, 1.807) is 54.3 Å². The number of aromatic nitrogens is 2. The fourth-order valence-corrected chi connectivity index (χ4v) is 2.92. The minimum Gasteiger partial charge on any atom is -0.458 e. The van der Waals surface area contributed by atoms with Gasteiger partial charge in [0.05, 0.1) is 5.56 Å². The number of ether oxygens (including phenoxy) is 1. The van der Waals surface area contributed by atoms with Crippen LogP contribution in [0.1, 0.15) is 34.8 Å². The maximum absolute atomic E-state index is 13.8. The highest BCUT2D eigenvalue weighted by atomic mass is 19.3. The predicted octanol–water partition coefficient (Wildman–Crippen LogP) is 3.16. The van der Waals surface area contributed by atoms with Crippen molar-refractivity contribution in [1.29, 1.82) is 0 Å². The van der Waals surface area contributed by atoms with E-state index in [0.717, 1.165) is 0 Å². The van der Waals surface area contributed by atoms with Gasteiger partial charge in [0.25, 0.3) is 5.92 Å². The van der Waals surface area contributed by atoms with Crippen LogP contribution in [0, 0.1) is 0 Å². The van der Waals surface area contributed by atoms with E-state index in [2.05, 4.69) is 5.10 Å². The summed E-state index contributed by atoms with van der Waals surface area (Å²) >= 11 is 0. The van der Waals surface area contributed by atoms with Crippen LogP contribution in [0.15, 0.2) is 42.6 Å². The molecule has 22 heavy (non-hydrogen) atoms. The van der Waals surface area contributed by atoms with Gasteiger partial charge >= 0.3 is 5.97 Å². The Bertz CT molecular complexity index is 670. The summed E-state index contributed by atoms with van der Waals surface area (Å²) in [6.45, 7) is 0. The van der Waals surface area contributed by atoms with Gasteiger partial charge in [-0.05, 0) is 18.2 Å². The second-order valence-electron chi connectivity index (χ2n) is 5.56. The molecule has 3 rings (SSSR count). The molecule has 1 saturated carbocycles. The van der Waals surface area contributed by atoms with Gasteiger partial charge < -0.3 is 4.74 Å². The summed E-state index contributed by atoms with van der Waals surface area (Å²) in [6, 6.07) is 10.1. The van der Waals surface area contributed by atoms with Crippen molar-refractivity contribution < 1.29 is 18.3 Å². The first-order chi connectivity index (χ1) is 10.5. The highest BCUT2D eigenvalue weighted by Crippen LogP contribution is 2.45. The zero-order chi connectivity index (χ0) is 15.7. The second-order valence-corrected chi connectivity index (χ2v) is 5.56. The number of hydrogen-bond acceptors (Lipinski definition) is 3. The van der Waals surface area contributed by atoms with E-state index in [1.807, 2.05) is 0 Å². The molecule has 2 atom stereocenters. The Kier molecular flexibility index (Phi) is 3.68. The number of aryl methyl sites for hydroxylation is 1. The van der Waals surface area contributed by atoms with Crippen LogP contribution in [0.4, 0.5) is 8.78 Å². The summed E-state index contributed by atoms with van der Waals surface area (Å²) in [5.41, 5.74) is 1.02. The third-order valence-corrected chi connectivity index (χ3v) is 3.97. The first-order valence-electron chi connectivity index (χ1n) is 7.08. The molecule has 1 aliphatic rings. The van der Waals surface area contributed by atoms with Crippen molar-refractivity contribution in [2.75, 3.05) is 0 Å². The summed E-state index contributed by atoms with van der Waals surface area (Å²) in [5, 5.41) is 4.01. The van der Waals surface area contributed by atoms with Crippen molar-refractivity contribution in [3.8, 4) is 0 Å². The summed E-state index contributed by atoms with van der Waals surface area (Å²) in [5.74, 6) is -3.96. The lowest BCUT2D eigenvalue weighted by Crippen LogP contribution is -2.23. The van der Waals surface area contributed by atoms with Gasteiger partial charge in [-0.25, -0.2) is 13.6 Å². The normalized spacial score (nSPS) is 23.4. The Labute approximate surface area is 126 Å². The average molecular weight is 306 g/mol. The van der Waals surface area contributed by atoms with Gasteiger partial charge in [-0.1, -0.05) is 18.2 Å². The molecule has 2 unspecified atom stereocenters. The fourth-order valence-electron chi connectivity index (χ4n) is 2.92. The summed E-state index contributed by atoms with van der Waals surface area (Å²) in [4.78, 5) is 12.1. The summed E-state index contributed by atoms with van der Waals surface area (Å²) < 4.78 is 34.5. The monoisotopic (exact) mass is 306 g/mol. The third-order valence-electron chi connectivity index (χ3n) is 3.97. The molecule has 0 aliphatic heterocycles. The summed E-state index contributed by atoms with van der Waals surface area (Å²) in [7, 11) is 1.70. The van der Waals surface area contributed by atoms with Gasteiger partial charge in [-0.2, -0.15) is 5.10 Å². The van der Waals surface area contributed by atoms with Crippen LogP contribution in [-0.2, 0) is 11.8 Å². The van der Waals surface area contributed by atoms with E-state index in [9.17, 15) is 13.6 Å². The topological polar surface area (TPSA) is 44.1 Å². The molecule has 6 heteroatoms. The molecule has 0 saturated heterocycles. The van der Waals surface area contributed by atoms with E-state index < -0.39 is 30.3 Å². The molecule has 1 aromatic carbocycles. The van der Waals surface area contributed by atoms with Crippen LogP contribution in [0.5, 0.6) is 0 Å². The zero-order valence-corrected chi connectivity index (χ0v) is 12.1.